The number of ether oxygens (including phenoxy) is 2. The maximum Gasteiger partial charge on any atom is 0.311 e. The van der Waals surface area contributed by atoms with Gasteiger partial charge in [-0.05, 0) is 97.7 Å². The van der Waals surface area contributed by atoms with Crippen molar-refractivity contribution < 1.29 is 19.1 Å². The van der Waals surface area contributed by atoms with E-state index in [1.54, 1.807) is 14.2 Å². The fourth-order valence-electron chi connectivity index (χ4n) is 11.4. The summed E-state index contributed by atoms with van der Waals surface area (Å²) in [7, 11) is 3.13. The van der Waals surface area contributed by atoms with Gasteiger partial charge in [-0.3, -0.25) is 9.59 Å². The quantitative estimate of drug-likeness (QED) is 0.714. The van der Waals surface area contributed by atoms with Crippen molar-refractivity contribution in [3.63, 3.8) is 0 Å². The molecular formula is C22H28O4. The Morgan fingerprint density at radius 3 is 1.42 bits per heavy atom. The van der Waals surface area contributed by atoms with E-state index in [1.165, 1.54) is 6.42 Å². The van der Waals surface area contributed by atoms with Crippen molar-refractivity contribution in [2.45, 2.75) is 44.9 Å². The van der Waals surface area contributed by atoms with Gasteiger partial charge in [0.15, 0.2) is 0 Å². The molecule has 0 aromatic rings. The van der Waals surface area contributed by atoms with Crippen LogP contribution in [-0.2, 0) is 19.1 Å². The third-order valence-electron chi connectivity index (χ3n) is 11.0. The highest BCUT2D eigenvalue weighted by Gasteiger charge is 2.84. The molecule has 4 heteroatoms. The number of hydrogen-bond acceptors (Lipinski definition) is 4. The highest BCUT2D eigenvalue weighted by Crippen LogP contribution is 2.88. The summed E-state index contributed by atoms with van der Waals surface area (Å²) in [5, 5.41) is 0. The van der Waals surface area contributed by atoms with Crippen LogP contribution in [0, 0.1) is 63.6 Å². The molecule has 0 heterocycles. The van der Waals surface area contributed by atoms with Crippen LogP contribution in [0.3, 0.4) is 0 Å². The van der Waals surface area contributed by atoms with Gasteiger partial charge in [0.05, 0.1) is 25.0 Å². The Balaban J connectivity index is 1.44. The Morgan fingerprint density at radius 1 is 0.692 bits per heavy atom. The second-order valence-corrected chi connectivity index (χ2v) is 11.2. The van der Waals surface area contributed by atoms with Crippen LogP contribution in [0.1, 0.15) is 44.9 Å². The van der Waals surface area contributed by atoms with Gasteiger partial charge in [0.2, 0.25) is 0 Å². The largest absolute Gasteiger partial charge is 0.469 e. The summed E-state index contributed by atoms with van der Waals surface area (Å²) in [5.41, 5.74) is -0.264. The highest BCUT2D eigenvalue weighted by atomic mass is 16.5. The zero-order valence-electron chi connectivity index (χ0n) is 15.7. The normalized spacial score (nSPS) is 64.2. The van der Waals surface area contributed by atoms with Crippen molar-refractivity contribution in [2.75, 3.05) is 14.2 Å². The second kappa shape index (κ2) is 4.03. The molecule has 0 amide bonds. The molecule has 0 saturated heterocycles. The lowest BCUT2D eigenvalue weighted by molar-refractivity contribution is -0.371. The van der Waals surface area contributed by atoms with E-state index in [4.69, 9.17) is 9.47 Å². The second-order valence-electron chi connectivity index (χ2n) is 11.2. The zero-order chi connectivity index (χ0) is 17.6. The summed E-state index contributed by atoms with van der Waals surface area (Å²) in [5.74, 6) is 6.23. The summed E-state index contributed by atoms with van der Waals surface area (Å²) >= 11 is 0. The first-order chi connectivity index (χ1) is 12.5. The zero-order valence-corrected chi connectivity index (χ0v) is 15.7. The van der Waals surface area contributed by atoms with E-state index >= 15 is 0 Å². The van der Waals surface area contributed by atoms with Gasteiger partial charge in [-0.15, -0.1) is 0 Å². The van der Waals surface area contributed by atoms with Crippen molar-refractivity contribution in [3.05, 3.63) is 0 Å². The Hall–Kier alpha value is -1.06. The Morgan fingerprint density at radius 2 is 1.08 bits per heavy atom. The van der Waals surface area contributed by atoms with Crippen LogP contribution in [0.25, 0.3) is 0 Å². The molecule has 10 aliphatic rings. The summed E-state index contributed by atoms with van der Waals surface area (Å²) in [6.45, 7) is 0. The van der Waals surface area contributed by atoms with Crippen molar-refractivity contribution in [1.29, 1.82) is 0 Å². The highest BCUT2D eigenvalue weighted by molar-refractivity contribution is 5.80. The fourth-order valence-corrected chi connectivity index (χ4v) is 11.4. The molecule has 140 valence electrons. The SMILES string of the molecule is COC(=O)C12CC3C4CC5C6CC7(C(=O)OC)CC5C(C4C1)C(C2)(C7)C36. The summed E-state index contributed by atoms with van der Waals surface area (Å²) in [6.07, 6.45) is 7.65. The van der Waals surface area contributed by atoms with E-state index in [-0.39, 0.29) is 28.2 Å². The van der Waals surface area contributed by atoms with E-state index in [0.717, 1.165) is 62.2 Å². The Kier molecular flexibility index (Phi) is 2.31. The lowest BCUT2D eigenvalue weighted by atomic mass is 9.19. The molecule has 10 saturated carbocycles. The van der Waals surface area contributed by atoms with Crippen LogP contribution in [0.4, 0.5) is 0 Å². The molecule has 4 atom stereocenters. The van der Waals surface area contributed by atoms with Crippen molar-refractivity contribution in [1.82, 2.24) is 0 Å². The van der Waals surface area contributed by atoms with Gasteiger partial charge in [-0.25, -0.2) is 0 Å². The minimum Gasteiger partial charge on any atom is -0.469 e. The van der Waals surface area contributed by atoms with Gasteiger partial charge in [0, 0.05) is 0 Å². The Labute approximate surface area is 154 Å². The number of rotatable bonds is 2. The molecule has 0 radical (unpaired) electrons. The molecule has 4 nitrogen and oxygen atoms in total. The number of esters is 2. The van der Waals surface area contributed by atoms with Gasteiger partial charge in [-0.1, -0.05) is 0 Å². The molecule has 0 aromatic carbocycles. The van der Waals surface area contributed by atoms with E-state index in [9.17, 15) is 9.59 Å². The molecule has 0 aliphatic heterocycles. The predicted octanol–water partition coefficient (Wildman–Crippen LogP) is 3.05. The third kappa shape index (κ3) is 1.23. The average Bonchev–Trinajstić information content (AvgIpc) is 2.64. The van der Waals surface area contributed by atoms with Crippen LogP contribution >= 0.6 is 0 Å². The average molecular weight is 356 g/mol. The van der Waals surface area contributed by atoms with Gasteiger partial charge < -0.3 is 9.47 Å². The summed E-state index contributed by atoms with van der Waals surface area (Å²) in [6, 6.07) is 0. The molecule has 0 N–H and O–H groups in total. The molecule has 11 bridgehead atoms. The van der Waals surface area contributed by atoms with Gasteiger partial charge in [0.25, 0.3) is 0 Å². The first-order valence-electron chi connectivity index (χ1n) is 10.7. The third-order valence-corrected chi connectivity index (χ3v) is 11.0. The molecule has 1 spiro atoms. The van der Waals surface area contributed by atoms with Gasteiger partial charge >= 0.3 is 11.9 Å². The van der Waals surface area contributed by atoms with E-state index in [2.05, 4.69) is 0 Å². The van der Waals surface area contributed by atoms with Crippen LogP contribution in [0.15, 0.2) is 0 Å². The summed E-state index contributed by atoms with van der Waals surface area (Å²) in [4.78, 5) is 25.8. The van der Waals surface area contributed by atoms with E-state index in [1.807, 2.05) is 0 Å². The lowest BCUT2D eigenvalue weighted by Crippen LogP contribution is -2.81. The lowest BCUT2D eigenvalue weighted by Gasteiger charge is -2.85. The topological polar surface area (TPSA) is 52.6 Å². The van der Waals surface area contributed by atoms with E-state index in [0.29, 0.717) is 23.7 Å². The maximum atomic E-state index is 12.9. The number of carbonyl (C=O) groups is 2. The molecule has 10 aliphatic carbocycles. The molecule has 10 rings (SSSR count). The molecular weight excluding hydrogens is 328 g/mol. The predicted molar refractivity (Wildman–Crippen MR) is 91.6 cm³/mol. The van der Waals surface area contributed by atoms with Crippen LogP contribution in [-0.4, -0.2) is 26.2 Å². The monoisotopic (exact) mass is 356 g/mol. The van der Waals surface area contributed by atoms with Crippen molar-refractivity contribution in [2.24, 2.45) is 63.6 Å². The van der Waals surface area contributed by atoms with Crippen LogP contribution < -0.4 is 0 Å². The smallest absolute Gasteiger partial charge is 0.311 e. The molecule has 10 fully saturated rings. The molecule has 4 unspecified atom stereocenters. The van der Waals surface area contributed by atoms with Crippen molar-refractivity contribution >= 4 is 11.9 Å². The van der Waals surface area contributed by atoms with Crippen LogP contribution in [0.5, 0.6) is 0 Å². The fraction of sp³-hybridized carbons (Fsp3) is 0.909. The summed E-state index contributed by atoms with van der Waals surface area (Å²) < 4.78 is 10.7. The van der Waals surface area contributed by atoms with E-state index < -0.39 is 0 Å². The molecule has 0 aromatic heterocycles. The number of carbonyl (C=O) groups excluding carboxylic acids is 2. The van der Waals surface area contributed by atoms with Gasteiger partial charge in [-0.2, -0.15) is 0 Å². The standard InChI is InChI=1S/C22H28O4/c1-25-18(23)20-4-12-10-3-11-14-6-21(19(24)26-2)7-15(11)17(13(10)5-20)22(8-20,9-21)16(12)14/h10-17H,3-9H2,1-2H3. The van der Waals surface area contributed by atoms with Gasteiger partial charge in [0.1, 0.15) is 0 Å². The minimum atomic E-state index is -0.247. The van der Waals surface area contributed by atoms with Crippen molar-refractivity contribution in [3.8, 4) is 0 Å². The molecule has 26 heavy (non-hydrogen) atoms. The first kappa shape index (κ1) is 14.9. The number of hydrogen-bond donors (Lipinski definition) is 0. The number of methoxy groups -OCH3 is 2. The Bertz CT molecular complexity index is 665. The minimum absolute atomic E-state index is 0.0443. The maximum absolute atomic E-state index is 12.9. The van der Waals surface area contributed by atoms with Crippen LogP contribution in [0.2, 0.25) is 0 Å². The first-order valence-corrected chi connectivity index (χ1v) is 10.7.